The molecule has 1 saturated heterocycles. The molecular weight excluding hydrogens is 607 g/mol. The van der Waals surface area contributed by atoms with Crippen LogP contribution in [0.25, 0.3) is 22.4 Å². The fourth-order valence-electron chi connectivity index (χ4n) is 5.08. The Labute approximate surface area is 263 Å². The monoisotopic (exact) mass is 636 g/mol. The molecule has 4 aromatic rings. The number of anilines is 1. The van der Waals surface area contributed by atoms with Crippen LogP contribution in [-0.2, 0) is 23.1 Å². The van der Waals surface area contributed by atoms with E-state index in [1.807, 2.05) is 18.2 Å². The second kappa shape index (κ2) is 13.5. The van der Waals surface area contributed by atoms with E-state index in [9.17, 15) is 14.4 Å². The third-order valence-electron chi connectivity index (χ3n) is 7.33. The molecule has 2 aromatic heterocycles. The third kappa shape index (κ3) is 6.45. The van der Waals surface area contributed by atoms with Crippen LogP contribution < -0.4 is 15.6 Å². The van der Waals surface area contributed by atoms with E-state index in [0.717, 1.165) is 17.6 Å². The van der Waals surface area contributed by atoms with Gasteiger partial charge >= 0.3 is 5.97 Å². The van der Waals surface area contributed by atoms with Gasteiger partial charge in [0.05, 0.1) is 47.3 Å². The lowest BCUT2D eigenvalue weighted by Gasteiger charge is -2.17. The molecule has 44 heavy (non-hydrogen) atoms. The van der Waals surface area contributed by atoms with Crippen molar-refractivity contribution < 1.29 is 19.1 Å². The highest BCUT2D eigenvalue weighted by Gasteiger charge is 2.30. The van der Waals surface area contributed by atoms with E-state index < -0.39 is 11.5 Å². The van der Waals surface area contributed by atoms with Crippen LogP contribution >= 0.6 is 23.2 Å². The summed E-state index contributed by atoms with van der Waals surface area (Å²) in [6.07, 6.45) is 3.73. The lowest BCUT2D eigenvalue weighted by molar-refractivity contribution is -0.147. The molecule has 1 atom stereocenters. The predicted octanol–water partition coefficient (Wildman–Crippen LogP) is 4.86. The summed E-state index contributed by atoms with van der Waals surface area (Å²) in [7, 11) is 2.99. The largest absolute Gasteiger partial charge is 0.480 e. The van der Waals surface area contributed by atoms with Crippen LogP contribution in [0.5, 0.6) is 5.88 Å². The number of nitrogens with one attached hydrogen (secondary N) is 1. The van der Waals surface area contributed by atoms with E-state index >= 15 is 0 Å². The van der Waals surface area contributed by atoms with E-state index in [-0.39, 0.29) is 22.5 Å². The summed E-state index contributed by atoms with van der Waals surface area (Å²) in [5, 5.41) is 7.18. The lowest BCUT2D eigenvalue weighted by atomic mass is 10.0. The Morgan fingerprint density at radius 3 is 2.55 bits per heavy atom. The van der Waals surface area contributed by atoms with Crippen LogP contribution in [0.2, 0.25) is 10.0 Å². The van der Waals surface area contributed by atoms with E-state index in [1.54, 1.807) is 31.3 Å². The van der Waals surface area contributed by atoms with Gasteiger partial charge in [0.25, 0.3) is 11.5 Å². The summed E-state index contributed by atoms with van der Waals surface area (Å²) < 4.78 is 11.8. The number of halogens is 2. The van der Waals surface area contributed by atoms with Gasteiger partial charge in [-0.2, -0.15) is 5.10 Å². The molecule has 1 unspecified atom stereocenters. The van der Waals surface area contributed by atoms with Crippen LogP contribution in [0.3, 0.4) is 0 Å². The number of amides is 1. The molecule has 0 radical (unpaired) electrons. The molecule has 13 heteroatoms. The quantitative estimate of drug-likeness (QED) is 0.256. The van der Waals surface area contributed by atoms with E-state index in [1.165, 1.54) is 26.4 Å². The maximum absolute atomic E-state index is 12.9. The highest BCUT2D eigenvalue weighted by molar-refractivity contribution is 6.39. The van der Waals surface area contributed by atoms with E-state index in [4.69, 9.17) is 37.7 Å². The zero-order valence-electron chi connectivity index (χ0n) is 24.3. The molecule has 0 bridgehead atoms. The molecule has 1 amide bonds. The molecule has 1 fully saturated rings. The van der Waals surface area contributed by atoms with Crippen LogP contribution in [0.1, 0.15) is 29.4 Å². The Balaban J connectivity index is 1.39. The van der Waals surface area contributed by atoms with Crippen molar-refractivity contribution in [1.29, 1.82) is 0 Å². The van der Waals surface area contributed by atoms with Crippen LogP contribution in [0, 0.1) is 5.92 Å². The second-order valence-electron chi connectivity index (χ2n) is 10.1. The molecule has 5 rings (SSSR count). The summed E-state index contributed by atoms with van der Waals surface area (Å²) in [5.74, 6) is -0.588. The number of ether oxygens (including phenoxy) is 2. The van der Waals surface area contributed by atoms with Gasteiger partial charge in [-0.1, -0.05) is 53.5 Å². The summed E-state index contributed by atoms with van der Waals surface area (Å²) in [6.45, 7) is 3.96. The number of benzene rings is 2. The summed E-state index contributed by atoms with van der Waals surface area (Å²) in [6, 6.07) is 11.9. The number of carbonyl (C=O) groups is 2. The van der Waals surface area contributed by atoms with Gasteiger partial charge in [-0.15, -0.1) is 0 Å². The van der Waals surface area contributed by atoms with Gasteiger partial charge in [0, 0.05) is 43.0 Å². The Morgan fingerprint density at radius 2 is 1.80 bits per heavy atom. The smallest absolute Gasteiger partial charge is 0.310 e. The maximum atomic E-state index is 12.9. The van der Waals surface area contributed by atoms with Gasteiger partial charge in [0.2, 0.25) is 5.88 Å². The average Bonchev–Trinajstić information content (AvgIpc) is 3.49. The molecule has 1 aliphatic heterocycles. The normalized spacial score (nSPS) is 14.8. The van der Waals surface area contributed by atoms with Gasteiger partial charge in [-0.05, 0) is 32.0 Å². The number of carbonyl (C=O) groups excluding carboxylic acids is 2. The fourth-order valence-corrected chi connectivity index (χ4v) is 5.68. The molecule has 0 aliphatic carbocycles. The topological polar surface area (TPSA) is 129 Å². The first-order valence-corrected chi connectivity index (χ1v) is 14.7. The Bertz CT molecular complexity index is 1780. The van der Waals surface area contributed by atoms with Crippen LogP contribution in [0.4, 0.5) is 5.69 Å². The zero-order valence-corrected chi connectivity index (χ0v) is 25.9. The van der Waals surface area contributed by atoms with Crippen molar-refractivity contribution in [2.45, 2.75) is 19.9 Å². The molecule has 0 spiro atoms. The molecule has 1 aliphatic rings. The van der Waals surface area contributed by atoms with Gasteiger partial charge in [0.15, 0.2) is 0 Å². The number of esters is 1. The van der Waals surface area contributed by atoms with Crippen LogP contribution in [0.15, 0.2) is 59.7 Å². The standard InChI is InChI=1S/C31H30Cl2N6O5/c1-4-44-31(42)18-12-14-39(16-18)17-25-29(43-3)37-24(15-34-25)21-9-5-7-19(26(21)32)20-8-6-10-23(27(20)33)36-28(40)22-11-13-35-38(2)30(22)41/h5-11,13,15,18H,4,12,14,16-17H2,1-3H3,(H,36,40). The molecule has 228 valence electrons. The molecule has 2 aromatic carbocycles. The number of aromatic nitrogens is 4. The Morgan fingerprint density at radius 1 is 1.07 bits per heavy atom. The highest BCUT2D eigenvalue weighted by atomic mass is 35.5. The third-order valence-corrected chi connectivity index (χ3v) is 8.15. The second-order valence-corrected chi connectivity index (χ2v) is 10.9. The number of hydrogen-bond donors (Lipinski definition) is 1. The van der Waals surface area contributed by atoms with Crippen molar-refractivity contribution in [2.24, 2.45) is 13.0 Å². The molecular formula is C31H30Cl2N6O5. The van der Waals surface area contributed by atoms with Crippen molar-refractivity contribution >= 4 is 40.8 Å². The number of methoxy groups -OCH3 is 1. The van der Waals surface area contributed by atoms with Crippen molar-refractivity contribution in [3.05, 3.63) is 86.5 Å². The molecule has 0 saturated carbocycles. The Kier molecular flexibility index (Phi) is 9.58. The van der Waals surface area contributed by atoms with Gasteiger partial charge < -0.3 is 14.8 Å². The maximum Gasteiger partial charge on any atom is 0.310 e. The number of rotatable bonds is 9. The minimum absolute atomic E-state index is 0.0662. The average molecular weight is 638 g/mol. The van der Waals surface area contributed by atoms with Crippen molar-refractivity contribution in [3.63, 3.8) is 0 Å². The van der Waals surface area contributed by atoms with E-state index in [2.05, 4.69) is 20.3 Å². The number of hydrogen-bond acceptors (Lipinski definition) is 9. The zero-order chi connectivity index (χ0) is 31.4. The number of nitrogens with zero attached hydrogens (tertiary/aromatic N) is 5. The molecule has 11 nitrogen and oxygen atoms in total. The number of likely N-dealkylation sites (tertiary alicyclic amines) is 1. The van der Waals surface area contributed by atoms with Gasteiger partial charge in [-0.25, -0.2) is 9.67 Å². The van der Waals surface area contributed by atoms with Gasteiger partial charge in [0.1, 0.15) is 11.3 Å². The number of aryl methyl sites for hydroxylation is 1. The Hall–Kier alpha value is -4.32. The summed E-state index contributed by atoms with van der Waals surface area (Å²) in [5.41, 5.74) is 2.64. The van der Waals surface area contributed by atoms with Crippen LogP contribution in [-0.4, -0.2) is 63.3 Å². The van der Waals surface area contributed by atoms with Crippen molar-refractivity contribution in [1.82, 2.24) is 24.6 Å². The first kappa shape index (κ1) is 31.1. The minimum atomic E-state index is -0.611. The first-order valence-electron chi connectivity index (χ1n) is 13.9. The molecule has 3 heterocycles. The first-order chi connectivity index (χ1) is 21.2. The fraction of sp³-hybridized carbons (Fsp3) is 0.290. The molecule has 1 N–H and O–H groups in total. The summed E-state index contributed by atoms with van der Waals surface area (Å²) in [4.78, 5) is 48.8. The van der Waals surface area contributed by atoms with Crippen molar-refractivity contribution in [3.8, 4) is 28.3 Å². The minimum Gasteiger partial charge on any atom is -0.480 e. The SMILES string of the molecule is CCOC(=O)C1CCN(Cc2ncc(-c3cccc(-c4cccc(NC(=O)c5ccnn(C)c5=O)c4Cl)c3Cl)nc2OC)C1. The lowest BCUT2D eigenvalue weighted by Crippen LogP contribution is -2.28. The highest BCUT2D eigenvalue weighted by Crippen LogP contribution is 2.41. The summed E-state index contributed by atoms with van der Waals surface area (Å²) >= 11 is 13.7. The van der Waals surface area contributed by atoms with E-state index in [0.29, 0.717) is 64.4 Å². The predicted molar refractivity (Wildman–Crippen MR) is 167 cm³/mol. The van der Waals surface area contributed by atoms with Gasteiger partial charge in [-0.3, -0.25) is 24.3 Å². The van der Waals surface area contributed by atoms with Crippen molar-refractivity contribution in [2.75, 3.05) is 32.1 Å².